The number of nitrogens with zero attached hydrogens (tertiary/aromatic N) is 6. The molecular formula is C37H46Cl2N10O11S2. The number of nitrogens with one attached hydrogen (secondary N) is 2. The average molecular weight is 942 g/mol. The van der Waals surface area contributed by atoms with E-state index >= 15 is 0 Å². The molecule has 2 aliphatic heterocycles. The molecule has 2 aliphatic rings. The molecule has 0 radical (unpaired) electrons. The smallest absolute Gasteiger partial charge is 0.414 e. The van der Waals surface area contributed by atoms with Crippen molar-refractivity contribution in [3.63, 3.8) is 0 Å². The molecule has 2 aromatic carbocycles. The van der Waals surface area contributed by atoms with Crippen molar-refractivity contribution in [1.29, 1.82) is 0 Å². The zero-order valence-corrected chi connectivity index (χ0v) is 38.1. The number of aryl methyl sites for hydroxylation is 2. The Bertz CT molecular complexity index is 2660. The zero-order valence-electron chi connectivity index (χ0n) is 35.0. The van der Waals surface area contributed by atoms with Gasteiger partial charge in [-0.1, -0.05) is 23.2 Å². The summed E-state index contributed by atoms with van der Waals surface area (Å²) >= 11 is 12.5. The highest BCUT2D eigenvalue weighted by Gasteiger charge is 2.43. The van der Waals surface area contributed by atoms with Gasteiger partial charge in [0, 0.05) is 60.5 Å². The first-order valence-corrected chi connectivity index (χ1v) is 22.1. The lowest BCUT2D eigenvalue weighted by Crippen LogP contribution is -2.54. The molecule has 2 amide bonds. The average Bonchev–Trinajstić information content (AvgIpc) is 3.79. The van der Waals surface area contributed by atoms with Crippen molar-refractivity contribution in [2.75, 3.05) is 36.7 Å². The Labute approximate surface area is 367 Å². The molecule has 21 nitrogen and oxygen atoms in total. The molecule has 0 saturated carbocycles. The van der Waals surface area contributed by atoms with Crippen molar-refractivity contribution in [2.24, 2.45) is 15.7 Å². The van der Waals surface area contributed by atoms with Crippen LogP contribution in [0.15, 0.2) is 67.7 Å². The number of halogens is 2. The number of guanidine groups is 2. The second-order valence-electron chi connectivity index (χ2n) is 15.2. The zero-order chi connectivity index (χ0) is 46.7. The molecule has 4 heterocycles. The van der Waals surface area contributed by atoms with Crippen LogP contribution in [-0.2, 0) is 35.9 Å². The number of aromatic nitrogens is 2. The van der Waals surface area contributed by atoms with Gasteiger partial charge in [-0.15, -0.1) is 0 Å². The monoisotopic (exact) mass is 940 g/mol. The lowest BCUT2D eigenvalue weighted by Gasteiger charge is -2.36. The van der Waals surface area contributed by atoms with E-state index in [-0.39, 0.29) is 34.8 Å². The molecular weight excluding hydrogens is 896 g/mol. The van der Waals surface area contributed by atoms with E-state index in [1.807, 2.05) is 0 Å². The number of benzene rings is 2. The van der Waals surface area contributed by atoms with Crippen LogP contribution >= 0.6 is 23.2 Å². The highest BCUT2D eigenvalue weighted by atomic mass is 35.5. The van der Waals surface area contributed by atoms with Crippen molar-refractivity contribution in [2.45, 2.75) is 65.1 Å². The Balaban J connectivity index is 0.000000227. The number of nitrogen functional groups attached to an aromatic ring is 1. The first-order valence-electron chi connectivity index (χ1n) is 18.1. The van der Waals surface area contributed by atoms with Crippen LogP contribution in [0.4, 0.5) is 16.2 Å². The maximum atomic E-state index is 12.6. The normalized spacial score (nSPS) is 20.2. The molecule has 0 unspecified atom stereocenters. The van der Waals surface area contributed by atoms with Gasteiger partial charge >= 0.3 is 12.1 Å². The molecule has 7 N–H and O–H groups in total. The molecule has 25 heteroatoms. The number of rotatable bonds is 5. The van der Waals surface area contributed by atoms with Gasteiger partial charge in [-0.25, -0.2) is 55.0 Å². The van der Waals surface area contributed by atoms with E-state index in [4.69, 9.17) is 48.9 Å². The standard InChI is InChI=1S/C16H18ClN5O4S.C16H23ClN4O4S.C5H5NO3/c1-9-19-13(7-26-9)14(23)20-10-4-5-12(17)11(6-10)16(2)8-27(24,25)22(3)15(18)21-16;1-15(2,3)25-14(22)19-13-20-16(4,9-26(23,24)21(13)5)11-8-10(18)6-7-12(11)17;1-3-6-4(2-9-3)5(7)8/h4-7H,8H2,1-3H3,(H2,18,21)(H,20,23);6-8H,9,18H2,1-5H3,(H,19,20,22);2H,1H3,(H,7,8)/t2*16-;/m00./s1. The number of hydrogen-bond acceptors (Lipinski definition) is 16. The Morgan fingerprint density at radius 2 is 1.31 bits per heavy atom. The molecule has 0 spiro atoms. The number of carbonyl (C=O) groups excluding carboxylic acids is 2. The third-order valence-electron chi connectivity index (χ3n) is 8.77. The van der Waals surface area contributed by atoms with E-state index in [0.29, 0.717) is 44.3 Å². The van der Waals surface area contributed by atoms with E-state index in [1.54, 1.807) is 84.9 Å². The quantitative estimate of drug-likeness (QED) is 0.170. The van der Waals surface area contributed by atoms with Crippen LogP contribution in [0.25, 0.3) is 0 Å². The predicted molar refractivity (Wildman–Crippen MR) is 231 cm³/mol. The van der Waals surface area contributed by atoms with Crippen molar-refractivity contribution in [3.05, 3.63) is 93.3 Å². The lowest BCUT2D eigenvalue weighted by atomic mass is 9.94. The summed E-state index contributed by atoms with van der Waals surface area (Å²) in [6.45, 7) is 11.6. The number of amides is 2. The molecule has 2 atom stereocenters. The van der Waals surface area contributed by atoms with Gasteiger partial charge in [0.15, 0.2) is 23.2 Å². The van der Waals surface area contributed by atoms with Gasteiger partial charge < -0.3 is 35.5 Å². The van der Waals surface area contributed by atoms with Crippen molar-refractivity contribution in [1.82, 2.24) is 23.9 Å². The van der Waals surface area contributed by atoms with Gasteiger partial charge in [-0.3, -0.25) is 10.1 Å². The fourth-order valence-corrected chi connectivity index (χ4v) is 9.31. The van der Waals surface area contributed by atoms with Gasteiger partial charge in [0.1, 0.15) is 29.2 Å². The molecule has 62 heavy (non-hydrogen) atoms. The number of oxazole rings is 2. The predicted octanol–water partition coefficient (Wildman–Crippen LogP) is 4.67. The molecule has 4 aromatic rings. The summed E-state index contributed by atoms with van der Waals surface area (Å²) < 4.78 is 66.7. The van der Waals surface area contributed by atoms with Crippen molar-refractivity contribution in [3.8, 4) is 0 Å². The number of nitrogens with two attached hydrogens (primary N) is 2. The Morgan fingerprint density at radius 3 is 1.79 bits per heavy atom. The number of anilines is 2. The highest BCUT2D eigenvalue weighted by Crippen LogP contribution is 2.38. The maximum absolute atomic E-state index is 12.6. The van der Waals surface area contributed by atoms with E-state index in [9.17, 15) is 31.2 Å². The summed E-state index contributed by atoms with van der Waals surface area (Å²) in [5, 5.41) is 14.0. The van der Waals surface area contributed by atoms with Gasteiger partial charge in [-0.2, -0.15) is 0 Å². The van der Waals surface area contributed by atoms with Crippen LogP contribution in [0.2, 0.25) is 10.0 Å². The fourth-order valence-electron chi connectivity index (χ4n) is 5.74. The van der Waals surface area contributed by atoms with Crippen LogP contribution in [-0.4, -0.2) is 102 Å². The van der Waals surface area contributed by atoms with E-state index in [2.05, 4.69) is 35.0 Å². The highest BCUT2D eigenvalue weighted by molar-refractivity contribution is 7.90. The van der Waals surface area contributed by atoms with Crippen LogP contribution in [0.3, 0.4) is 0 Å². The number of hydrogen-bond donors (Lipinski definition) is 5. The fraction of sp³-hybridized carbons (Fsp3) is 0.378. The van der Waals surface area contributed by atoms with Gasteiger partial charge in [0.2, 0.25) is 32.0 Å². The third-order valence-corrected chi connectivity index (χ3v) is 13.3. The van der Waals surface area contributed by atoms with E-state index < -0.39 is 54.7 Å². The Morgan fingerprint density at radius 1 is 0.806 bits per heavy atom. The molecule has 0 bridgehead atoms. The van der Waals surface area contributed by atoms with Gasteiger partial charge in [0.05, 0.1) is 11.5 Å². The lowest BCUT2D eigenvalue weighted by molar-refractivity contribution is 0.0557. The molecule has 2 aromatic heterocycles. The van der Waals surface area contributed by atoms with Gasteiger partial charge in [0.25, 0.3) is 5.91 Å². The van der Waals surface area contributed by atoms with Crippen LogP contribution < -0.4 is 22.1 Å². The molecule has 0 fully saturated rings. The maximum Gasteiger partial charge on any atom is 0.414 e. The second-order valence-corrected chi connectivity index (χ2v) is 20.0. The summed E-state index contributed by atoms with van der Waals surface area (Å²) in [6.07, 6.45) is 1.55. The summed E-state index contributed by atoms with van der Waals surface area (Å²) in [5.74, 6) is -1.70. The Hall–Kier alpha value is -5.91. The van der Waals surface area contributed by atoms with Crippen molar-refractivity contribution < 1.29 is 49.9 Å². The van der Waals surface area contributed by atoms with Crippen LogP contribution in [0.1, 0.15) is 78.5 Å². The van der Waals surface area contributed by atoms with E-state index in [0.717, 1.165) is 14.9 Å². The first-order chi connectivity index (χ1) is 28.4. The minimum Gasteiger partial charge on any atom is -0.476 e. The molecule has 6 rings (SSSR count). The number of aromatic carboxylic acids is 1. The number of carbonyl (C=O) groups is 3. The number of aliphatic imine (C=N–C) groups is 2. The van der Waals surface area contributed by atoms with Crippen LogP contribution in [0.5, 0.6) is 0 Å². The van der Waals surface area contributed by atoms with Gasteiger partial charge in [-0.05, 0) is 71.0 Å². The topological polar surface area (TPSA) is 308 Å². The van der Waals surface area contributed by atoms with Crippen LogP contribution in [0, 0.1) is 13.8 Å². The minimum absolute atomic E-state index is 0.0486. The Kier molecular flexibility index (Phi) is 14.3. The van der Waals surface area contributed by atoms with E-state index in [1.165, 1.54) is 20.4 Å². The first kappa shape index (κ1) is 48.8. The number of ether oxygens (including phenoxy) is 1. The number of alkyl carbamates (subject to hydrolysis) is 1. The summed E-state index contributed by atoms with van der Waals surface area (Å²) in [5.41, 5.74) is 10.2. The summed E-state index contributed by atoms with van der Waals surface area (Å²) in [7, 11) is -4.75. The largest absolute Gasteiger partial charge is 0.476 e. The molecule has 0 aliphatic carbocycles. The summed E-state index contributed by atoms with van der Waals surface area (Å²) in [4.78, 5) is 50.7. The van der Waals surface area contributed by atoms with Crippen molar-refractivity contribution >= 4 is 84.5 Å². The number of carboxylic acid groups (broad SMARTS) is 1. The summed E-state index contributed by atoms with van der Waals surface area (Å²) in [6, 6.07) is 9.50. The SMILES string of the molecule is CN1C(NC(=O)OC(C)(C)C)=N[C@](C)(c2cc(N)ccc2Cl)CS1(=O)=O.Cc1nc(C(=O)Nc2ccc(Cl)c([C@]3(C)CS(=O)(=O)N(C)C(N)=N3)c2)co1.Cc1nc(C(=O)O)co1. The number of carboxylic acids is 1. The third kappa shape index (κ3) is 11.9. The minimum atomic E-state index is -3.75. The second kappa shape index (κ2) is 18.2. The number of sulfonamides is 2. The molecule has 0 saturated heterocycles. The molecule has 336 valence electrons.